The monoisotopic (exact) mass is 521 g/mol. The summed E-state index contributed by atoms with van der Waals surface area (Å²) in [5, 5.41) is 10.3. The van der Waals surface area contributed by atoms with E-state index in [0.717, 1.165) is 55.7 Å². The number of likely N-dealkylation sites (N-methyl/N-ethyl adjacent to an activating group) is 1. The van der Waals surface area contributed by atoms with Crippen molar-refractivity contribution in [2.45, 2.75) is 57.1 Å². The molecule has 0 saturated carbocycles. The van der Waals surface area contributed by atoms with E-state index in [2.05, 4.69) is 9.88 Å². The van der Waals surface area contributed by atoms with Gasteiger partial charge >= 0.3 is 0 Å². The van der Waals surface area contributed by atoms with Crippen molar-refractivity contribution in [2.75, 3.05) is 20.1 Å². The molecule has 38 heavy (non-hydrogen) atoms. The van der Waals surface area contributed by atoms with Gasteiger partial charge < -0.3 is 14.7 Å². The number of aromatic nitrogens is 1. The van der Waals surface area contributed by atoms with Crippen molar-refractivity contribution in [1.29, 1.82) is 0 Å². The maximum Gasteiger partial charge on any atom is 0.254 e. The van der Waals surface area contributed by atoms with Crippen molar-refractivity contribution in [3.05, 3.63) is 100 Å². The molecule has 1 spiro atoms. The number of benzene rings is 2. The first kappa shape index (κ1) is 26.4. The molecule has 0 bridgehead atoms. The van der Waals surface area contributed by atoms with Gasteiger partial charge in [0.2, 0.25) is 0 Å². The molecule has 6 nitrogen and oxygen atoms in total. The van der Waals surface area contributed by atoms with Crippen LogP contribution in [0.4, 0.5) is 8.78 Å². The summed E-state index contributed by atoms with van der Waals surface area (Å²) in [6.45, 7) is 6.03. The molecule has 1 N–H and O–H groups in total. The number of hydrogen-bond acceptors (Lipinski definition) is 5. The largest absolute Gasteiger partial charge is 0.381 e. The Balaban J connectivity index is 1.31. The Labute approximate surface area is 221 Å². The van der Waals surface area contributed by atoms with Gasteiger partial charge in [0, 0.05) is 44.6 Å². The topological polar surface area (TPSA) is 65.9 Å². The first-order chi connectivity index (χ1) is 18.1. The van der Waals surface area contributed by atoms with Gasteiger partial charge in [-0.15, -0.1) is 0 Å². The maximum absolute atomic E-state index is 14.1. The molecule has 1 fully saturated rings. The van der Waals surface area contributed by atoms with Crippen LogP contribution in [-0.2, 0) is 28.3 Å². The fourth-order valence-corrected chi connectivity index (χ4v) is 5.67. The normalized spacial score (nSPS) is 17.8. The average molecular weight is 522 g/mol. The van der Waals surface area contributed by atoms with Crippen LogP contribution in [0.25, 0.3) is 0 Å². The number of rotatable bonds is 6. The van der Waals surface area contributed by atoms with Crippen LogP contribution in [0.15, 0.2) is 60.9 Å². The lowest BCUT2D eigenvalue weighted by molar-refractivity contribution is -0.148. The molecule has 5 rings (SSSR count). The number of fused-ring (bicyclic) bond motifs is 2. The SMILES string of the molecule is CN(C(=O)C(C)(C)O)[C@@H](c1ccc(CN2CCC3(CC2)OCc2ccncc23)cc1)c1ccc(F)c(F)c1. The van der Waals surface area contributed by atoms with E-state index >= 15 is 0 Å². The summed E-state index contributed by atoms with van der Waals surface area (Å²) >= 11 is 0. The number of carbonyl (C=O) groups is 1. The minimum atomic E-state index is -1.61. The van der Waals surface area contributed by atoms with Crippen molar-refractivity contribution in [2.24, 2.45) is 0 Å². The van der Waals surface area contributed by atoms with Crippen LogP contribution in [0.2, 0.25) is 0 Å². The van der Waals surface area contributed by atoms with Crippen LogP contribution >= 0.6 is 0 Å². The molecule has 2 aromatic carbocycles. The van der Waals surface area contributed by atoms with Crippen LogP contribution in [0.3, 0.4) is 0 Å². The number of amides is 1. The molecule has 0 radical (unpaired) electrons. The zero-order chi connectivity index (χ0) is 27.1. The van der Waals surface area contributed by atoms with Gasteiger partial charge in [0.15, 0.2) is 11.6 Å². The van der Waals surface area contributed by atoms with E-state index in [0.29, 0.717) is 12.2 Å². The predicted octanol–water partition coefficient (Wildman–Crippen LogP) is 4.70. The molecule has 2 aliphatic rings. The molecular formula is C30H33F2N3O3. The first-order valence-corrected chi connectivity index (χ1v) is 12.9. The Morgan fingerprint density at radius 1 is 1.11 bits per heavy atom. The lowest BCUT2D eigenvalue weighted by Crippen LogP contribution is -2.45. The third kappa shape index (κ3) is 5.08. The molecule has 1 amide bonds. The summed E-state index contributed by atoms with van der Waals surface area (Å²) in [6, 6.07) is 12.8. The highest BCUT2D eigenvalue weighted by molar-refractivity contribution is 5.84. The minimum absolute atomic E-state index is 0.237. The van der Waals surface area contributed by atoms with E-state index in [1.165, 1.54) is 35.9 Å². The molecule has 1 aromatic heterocycles. The summed E-state index contributed by atoms with van der Waals surface area (Å²) < 4.78 is 34.0. The fraction of sp³-hybridized carbons (Fsp3) is 0.400. The molecular weight excluding hydrogens is 488 g/mol. The van der Waals surface area contributed by atoms with Gasteiger partial charge in [0.1, 0.15) is 5.60 Å². The molecule has 200 valence electrons. The quantitative estimate of drug-likeness (QED) is 0.510. The lowest BCUT2D eigenvalue weighted by Gasteiger charge is -2.39. The highest BCUT2D eigenvalue weighted by atomic mass is 19.2. The van der Waals surface area contributed by atoms with Crippen molar-refractivity contribution in [3.63, 3.8) is 0 Å². The fourth-order valence-electron chi connectivity index (χ4n) is 5.67. The Morgan fingerprint density at radius 3 is 2.45 bits per heavy atom. The average Bonchev–Trinajstić information content (AvgIpc) is 3.25. The zero-order valence-electron chi connectivity index (χ0n) is 22.0. The number of aliphatic hydroxyl groups is 1. The number of halogens is 2. The van der Waals surface area contributed by atoms with Crippen molar-refractivity contribution >= 4 is 5.91 Å². The first-order valence-electron chi connectivity index (χ1n) is 12.9. The van der Waals surface area contributed by atoms with Crippen molar-refractivity contribution in [1.82, 2.24) is 14.8 Å². The highest BCUT2D eigenvalue weighted by Crippen LogP contribution is 2.43. The van der Waals surface area contributed by atoms with Gasteiger partial charge in [0.25, 0.3) is 5.91 Å². The van der Waals surface area contributed by atoms with Gasteiger partial charge in [0.05, 0.1) is 18.2 Å². The zero-order valence-corrected chi connectivity index (χ0v) is 22.0. The second kappa shape index (κ2) is 10.2. The minimum Gasteiger partial charge on any atom is -0.381 e. The Kier molecular flexibility index (Phi) is 7.07. The maximum atomic E-state index is 14.1. The summed E-state index contributed by atoms with van der Waals surface area (Å²) in [4.78, 5) is 21.0. The van der Waals surface area contributed by atoms with Crippen molar-refractivity contribution < 1.29 is 23.4 Å². The molecule has 0 unspecified atom stereocenters. The lowest BCUT2D eigenvalue weighted by atomic mass is 9.84. The molecule has 0 aliphatic carbocycles. The summed E-state index contributed by atoms with van der Waals surface area (Å²) in [5.41, 5.74) is 2.87. The molecule has 3 aromatic rings. The predicted molar refractivity (Wildman–Crippen MR) is 139 cm³/mol. The summed E-state index contributed by atoms with van der Waals surface area (Å²) in [6.07, 6.45) is 5.58. The Hall–Kier alpha value is -3.20. The van der Waals surface area contributed by atoms with E-state index in [4.69, 9.17) is 4.74 Å². The summed E-state index contributed by atoms with van der Waals surface area (Å²) in [5.74, 6) is -2.46. The highest BCUT2D eigenvalue weighted by Gasteiger charge is 2.42. The molecule has 1 atom stereocenters. The van der Waals surface area contributed by atoms with Crippen LogP contribution in [0.5, 0.6) is 0 Å². The number of ether oxygens (including phenoxy) is 1. The van der Waals surface area contributed by atoms with Crippen molar-refractivity contribution in [3.8, 4) is 0 Å². The standard InChI is InChI=1S/C30H33F2N3O3/c1-29(2,37)28(36)34(3)27(22-8-9-25(31)26(32)16-22)21-6-4-20(5-7-21)18-35-14-11-30(12-15-35)24-17-33-13-10-23(24)19-38-30/h4-10,13,16-17,27,37H,11-12,14-15,18-19H2,1-3H3/t27-/m0/s1. The number of carbonyl (C=O) groups excluding carboxylic acids is 1. The van der Waals surface area contributed by atoms with Gasteiger partial charge in [-0.3, -0.25) is 14.7 Å². The second-order valence-corrected chi connectivity index (χ2v) is 10.9. The summed E-state index contributed by atoms with van der Waals surface area (Å²) in [7, 11) is 1.56. The van der Waals surface area contributed by atoms with E-state index in [1.54, 1.807) is 7.05 Å². The smallest absolute Gasteiger partial charge is 0.254 e. The van der Waals surface area contributed by atoms with E-state index in [1.807, 2.05) is 42.7 Å². The molecule has 1 saturated heterocycles. The number of piperidine rings is 1. The van der Waals surface area contributed by atoms with Crippen LogP contribution in [0.1, 0.15) is 60.5 Å². The third-order valence-corrected chi connectivity index (χ3v) is 7.76. The molecule has 8 heteroatoms. The van der Waals surface area contributed by atoms with Gasteiger partial charge in [-0.2, -0.15) is 0 Å². The van der Waals surface area contributed by atoms with Gasteiger partial charge in [-0.25, -0.2) is 8.78 Å². The Bertz CT molecular complexity index is 1320. The van der Waals surface area contributed by atoms with Gasteiger partial charge in [-0.05, 0) is 67.1 Å². The third-order valence-electron chi connectivity index (χ3n) is 7.76. The van der Waals surface area contributed by atoms with Crippen LogP contribution in [0, 0.1) is 11.6 Å². The van der Waals surface area contributed by atoms with E-state index in [-0.39, 0.29) is 5.60 Å². The van der Waals surface area contributed by atoms with E-state index in [9.17, 15) is 18.7 Å². The second-order valence-electron chi connectivity index (χ2n) is 10.9. The van der Waals surface area contributed by atoms with Crippen LogP contribution < -0.4 is 0 Å². The number of hydrogen-bond donors (Lipinski definition) is 1. The Morgan fingerprint density at radius 2 is 1.79 bits per heavy atom. The number of pyridine rings is 1. The number of nitrogens with zero attached hydrogens (tertiary/aromatic N) is 3. The number of likely N-dealkylation sites (tertiary alicyclic amines) is 1. The van der Waals surface area contributed by atoms with Gasteiger partial charge in [-0.1, -0.05) is 30.3 Å². The molecule has 3 heterocycles. The molecule has 2 aliphatic heterocycles. The van der Waals surface area contributed by atoms with Crippen LogP contribution in [-0.4, -0.2) is 51.5 Å². The van der Waals surface area contributed by atoms with E-state index < -0.39 is 29.2 Å².